The van der Waals surface area contributed by atoms with Crippen molar-refractivity contribution in [2.24, 2.45) is 10.9 Å². The van der Waals surface area contributed by atoms with E-state index < -0.39 is 0 Å². The van der Waals surface area contributed by atoms with Crippen LogP contribution in [0.25, 0.3) is 0 Å². The van der Waals surface area contributed by atoms with Gasteiger partial charge in [0.15, 0.2) is 5.96 Å². The van der Waals surface area contributed by atoms with Crippen molar-refractivity contribution in [2.75, 3.05) is 46.9 Å². The minimum atomic E-state index is 0. The third-order valence-corrected chi connectivity index (χ3v) is 7.31. The van der Waals surface area contributed by atoms with Crippen molar-refractivity contribution >= 4 is 35.8 Å². The van der Waals surface area contributed by atoms with Crippen LogP contribution in [-0.4, -0.2) is 74.6 Å². The Morgan fingerprint density at radius 2 is 1.79 bits per heavy atom. The number of carbonyl (C=O) groups excluding carboxylic acids is 1. The molecule has 0 bridgehead atoms. The first-order valence-electron chi connectivity index (χ1n) is 12.3. The minimum Gasteiger partial charge on any atom is -0.497 e. The lowest BCUT2D eigenvalue weighted by atomic mass is 10.1. The summed E-state index contributed by atoms with van der Waals surface area (Å²) >= 11 is 0. The second kappa shape index (κ2) is 12.8. The molecule has 1 aromatic rings. The molecule has 33 heavy (non-hydrogen) atoms. The number of likely N-dealkylation sites (tertiary alicyclic amines) is 2. The van der Waals surface area contributed by atoms with Gasteiger partial charge in [-0.2, -0.15) is 0 Å². The average molecular weight is 570 g/mol. The molecule has 0 radical (unpaired) electrons. The molecule has 1 aromatic carbocycles. The van der Waals surface area contributed by atoms with E-state index in [1.54, 1.807) is 7.11 Å². The van der Waals surface area contributed by atoms with Gasteiger partial charge >= 0.3 is 0 Å². The van der Waals surface area contributed by atoms with Crippen LogP contribution in [0.4, 0.5) is 0 Å². The molecular formula is C25H40IN5O2. The number of carbonyl (C=O) groups is 1. The quantitative estimate of drug-likeness (QED) is 0.300. The number of nitrogens with one attached hydrogen (secondary N) is 2. The van der Waals surface area contributed by atoms with Crippen molar-refractivity contribution in [3.05, 3.63) is 29.8 Å². The first-order valence-corrected chi connectivity index (χ1v) is 12.3. The van der Waals surface area contributed by atoms with Gasteiger partial charge in [0, 0.05) is 38.6 Å². The van der Waals surface area contributed by atoms with Crippen LogP contribution in [-0.2, 0) is 4.79 Å². The number of hydrogen-bond donors (Lipinski definition) is 2. The van der Waals surface area contributed by atoms with E-state index in [-0.39, 0.29) is 35.9 Å². The zero-order valence-corrected chi connectivity index (χ0v) is 22.4. The second-order valence-corrected chi connectivity index (χ2v) is 9.38. The Morgan fingerprint density at radius 3 is 2.42 bits per heavy atom. The fraction of sp³-hybridized carbons (Fsp3) is 0.680. The average Bonchev–Trinajstić information content (AvgIpc) is 3.61. The number of nitrogens with zero attached hydrogens (tertiary/aromatic N) is 3. The summed E-state index contributed by atoms with van der Waals surface area (Å²) in [4.78, 5) is 21.8. The molecule has 1 saturated carbocycles. The van der Waals surface area contributed by atoms with E-state index in [9.17, 15) is 4.79 Å². The SMILES string of the molecule is CN=C(NCC(c1ccc(OC)cc1)N1CCCC1)NC1CCN(C(=O)C2CCCC2)C1.I. The summed E-state index contributed by atoms with van der Waals surface area (Å²) in [6, 6.07) is 8.98. The Balaban J connectivity index is 0.00000306. The van der Waals surface area contributed by atoms with Crippen LogP contribution in [0.5, 0.6) is 5.75 Å². The first-order chi connectivity index (χ1) is 15.7. The molecule has 2 heterocycles. The molecule has 3 fully saturated rings. The topological polar surface area (TPSA) is 69.2 Å². The first kappa shape index (κ1) is 26.1. The highest BCUT2D eigenvalue weighted by molar-refractivity contribution is 14.0. The van der Waals surface area contributed by atoms with Crippen LogP contribution < -0.4 is 15.4 Å². The predicted molar refractivity (Wildman–Crippen MR) is 143 cm³/mol. The van der Waals surface area contributed by atoms with Gasteiger partial charge in [-0.3, -0.25) is 14.7 Å². The van der Waals surface area contributed by atoms with Gasteiger partial charge in [-0.1, -0.05) is 25.0 Å². The Bertz CT molecular complexity index is 776. The predicted octanol–water partition coefficient (Wildman–Crippen LogP) is 3.41. The number of guanidine groups is 1. The van der Waals surface area contributed by atoms with E-state index in [1.165, 1.54) is 31.2 Å². The number of aliphatic imine (C=N–C) groups is 1. The van der Waals surface area contributed by atoms with E-state index >= 15 is 0 Å². The maximum atomic E-state index is 12.8. The number of rotatable bonds is 7. The molecule has 2 N–H and O–H groups in total. The van der Waals surface area contributed by atoms with Gasteiger partial charge in [-0.05, 0) is 62.9 Å². The van der Waals surface area contributed by atoms with Gasteiger partial charge < -0.3 is 20.3 Å². The molecule has 3 aliphatic rings. The van der Waals surface area contributed by atoms with E-state index in [4.69, 9.17) is 4.74 Å². The Hall–Kier alpha value is -1.55. The molecule has 8 heteroatoms. The summed E-state index contributed by atoms with van der Waals surface area (Å²) in [5.74, 6) is 2.33. The van der Waals surface area contributed by atoms with Gasteiger partial charge in [0.25, 0.3) is 0 Å². The van der Waals surface area contributed by atoms with Gasteiger partial charge in [-0.15, -0.1) is 24.0 Å². The lowest BCUT2D eigenvalue weighted by molar-refractivity contribution is -0.134. The minimum absolute atomic E-state index is 0. The molecule has 184 valence electrons. The second-order valence-electron chi connectivity index (χ2n) is 9.38. The number of ether oxygens (including phenoxy) is 1. The number of amides is 1. The van der Waals surface area contributed by atoms with Crippen LogP contribution in [0.15, 0.2) is 29.3 Å². The summed E-state index contributed by atoms with van der Waals surface area (Å²) in [7, 11) is 3.53. The Labute approximate surface area is 215 Å². The molecule has 0 spiro atoms. The fourth-order valence-electron chi connectivity index (χ4n) is 5.43. The van der Waals surface area contributed by atoms with Gasteiger partial charge in [0.1, 0.15) is 5.75 Å². The van der Waals surface area contributed by atoms with Crippen LogP contribution >= 0.6 is 24.0 Å². The maximum Gasteiger partial charge on any atom is 0.225 e. The summed E-state index contributed by atoms with van der Waals surface area (Å²) in [5, 5.41) is 7.13. The molecule has 7 nitrogen and oxygen atoms in total. The number of hydrogen-bond acceptors (Lipinski definition) is 4. The van der Waals surface area contributed by atoms with E-state index in [1.807, 2.05) is 19.2 Å². The molecule has 0 aromatic heterocycles. The molecule has 2 unspecified atom stereocenters. The zero-order chi connectivity index (χ0) is 22.3. The van der Waals surface area contributed by atoms with E-state index in [0.717, 1.165) is 63.7 Å². The third-order valence-electron chi connectivity index (χ3n) is 7.31. The summed E-state index contributed by atoms with van der Waals surface area (Å²) < 4.78 is 5.34. The zero-order valence-electron chi connectivity index (χ0n) is 20.1. The van der Waals surface area contributed by atoms with Gasteiger partial charge in [0.05, 0.1) is 13.2 Å². The van der Waals surface area contributed by atoms with Crippen LogP contribution in [0.2, 0.25) is 0 Å². The fourth-order valence-corrected chi connectivity index (χ4v) is 5.43. The van der Waals surface area contributed by atoms with E-state index in [0.29, 0.717) is 11.9 Å². The van der Waals surface area contributed by atoms with Crippen molar-refractivity contribution in [3.8, 4) is 5.75 Å². The van der Waals surface area contributed by atoms with Crippen molar-refractivity contribution in [3.63, 3.8) is 0 Å². The smallest absolute Gasteiger partial charge is 0.225 e. The highest BCUT2D eigenvalue weighted by Gasteiger charge is 2.32. The number of halogens is 1. The lowest BCUT2D eigenvalue weighted by Gasteiger charge is -2.29. The third kappa shape index (κ3) is 6.74. The van der Waals surface area contributed by atoms with Gasteiger partial charge in [-0.25, -0.2) is 0 Å². The van der Waals surface area contributed by atoms with Crippen molar-refractivity contribution in [1.29, 1.82) is 0 Å². The molecule has 2 saturated heterocycles. The van der Waals surface area contributed by atoms with Crippen LogP contribution in [0.1, 0.15) is 56.6 Å². The van der Waals surface area contributed by atoms with Crippen LogP contribution in [0.3, 0.4) is 0 Å². The standard InChI is InChI=1S/C25H39N5O2.HI/c1-26-25(28-21-13-16-30(18-21)24(31)20-7-3-4-8-20)27-17-23(29-14-5-6-15-29)19-9-11-22(32-2)12-10-19;/h9-12,20-21,23H,3-8,13-18H2,1-2H3,(H2,26,27,28);1H. The highest BCUT2D eigenvalue weighted by Crippen LogP contribution is 2.28. The molecule has 4 rings (SSSR count). The molecular weight excluding hydrogens is 529 g/mol. The Morgan fingerprint density at radius 1 is 1.09 bits per heavy atom. The Kier molecular flexibility index (Phi) is 10.1. The molecule has 2 atom stereocenters. The largest absolute Gasteiger partial charge is 0.497 e. The van der Waals surface area contributed by atoms with Crippen LogP contribution in [0, 0.1) is 5.92 Å². The van der Waals surface area contributed by atoms with Crippen molar-refractivity contribution < 1.29 is 9.53 Å². The van der Waals surface area contributed by atoms with E-state index in [2.05, 4.69) is 37.6 Å². The summed E-state index contributed by atoms with van der Waals surface area (Å²) in [6.07, 6.45) is 8.04. The molecule has 2 aliphatic heterocycles. The number of benzene rings is 1. The number of methoxy groups -OCH3 is 1. The maximum absolute atomic E-state index is 12.8. The summed E-state index contributed by atoms with van der Waals surface area (Å²) in [5.41, 5.74) is 1.30. The van der Waals surface area contributed by atoms with Gasteiger partial charge in [0.2, 0.25) is 5.91 Å². The van der Waals surface area contributed by atoms with Crippen molar-refractivity contribution in [1.82, 2.24) is 20.4 Å². The molecule has 1 amide bonds. The monoisotopic (exact) mass is 569 g/mol. The summed E-state index contributed by atoms with van der Waals surface area (Å²) in [6.45, 7) is 4.69. The molecule has 1 aliphatic carbocycles. The van der Waals surface area contributed by atoms with Crippen molar-refractivity contribution in [2.45, 2.75) is 57.0 Å². The normalized spacial score (nSPS) is 22.8. The lowest BCUT2D eigenvalue weighted by Crippen LogP contribution is -2.47. The highest BCUT2D eigenvalue weighted by atomic mass is 127.